The molecule has 14 heavy (non-hydrogen) atoms. The molecule has 0 aromatic heterocycles. The lowest BCUT2D eigenvalue weighted by atomic mass is 10.2. The summed E-state index contributed by atoms with van der Waals surface area (Å²) < 4.78 is 0. The summed E-state index contributed by atoms with van der Waals surface area (Å²) in [6.07, 6.45) is 1.77. The summed E-state index contributed by atoms with van der Waals surface area (Å²) in [4.78, 5) is 0.725. The molecule has 2 aliphatic heterocycles. The maximum atomic E-state index is 8.94. The third kappa shape index (κ3) is 1.28. The summed E-state index contributed by atoms with van der Waals surface area (Å²) in [5, 5.41) is 15.4. The van der Waals surface area contributed by atoms with E-state index in [1.807, 2.05) is 13.8 Å². The summed E-state index contributed by atoms with van der Waals surface area (Å²) in [5.74, 6) is 0.840. The summed E-state index contributed by atoms with van der Waals surface area (Å²) in [5.41, 5.74) is 5.00. The van der Waals surface area contributed by atoms with Crippen molar-refractivity contribution in [3.8, 4) is 0 Å². The Morgan fingerprint density at radius 3 is 2.86 bits per heavy atom. The molecule has 5 nitrogen and oxygen atoms in total. The standard InChI is InChI=1S/C8H12N4OS/c1-5-6(2)9-7-3-11(4-13)10-12(7)8(5)14/h3,9-10,13H,4H2,1-2H3. The number of rotatable bonds is 1. The van der Waals surface area contributed by atoms with Crippen LogP contribution in [0.5, 0.6) is 0 Å². The lowest BCUT2D eigenvalue weighted by Crippen LogP contribution is -2.48. The molecule has 6 heteroatoms. The van der Waals surface area contributed by atoms with Crippen molar-refractivity contribution in [3.63, 3.8) is 0 Å². The lowest BCUT2D eigenvalue weighted by Gasteiger charge is -2.30. The summed E-state index contributed by atoms with van der Waals surface area (Å²) >= 11 is 5.26. The Kier molecular flexibility index (Phi) is 2.18. The van der Waals surface area contributed by atoms with Gasteiger partial charge in [-0.1, -0.05) is 12.2 Å². The second kappa shape index (κ2) is 3.23. The minimum absolute atomic E-state index is 0.0949. The zero-order valence-electron chi connectivity index (χ0n) is 8.03. The Balaban J connectivity index is 2.29. The first-order valence-corrected chi connectivity index (χ1v) is 4.69. The molecule has 0 saturated carbocycles. The number of hydrogen-bond donors (Lipinski definition) is 3. The van der Waals surface area contributed by atoms with E-state index in [0.717, 1.165) is 22.1 Å². The zero-order valence-corrected chi connectivity index (χ0v) is 8.85. The van der Waals surface area contributed by atoms with Gasteiger partial charge in [0, 0.05) is 11.3 Å². The van der Waals surface area contributed by atoms with E-state index in [4.69, 9.17) is 17.3 Å². The van der Waals surface area contributed by atoms with Gasteiger partial charge in [0.15, 0.2) is 0 Å². The van der Waals surface area contributed by atoms with Crippen LogP contribution in [0.1, 0.15) is 13.8 Å². The van der Waals surface area contributed by atoms with E-state index in [2.05, 4.69) is 10.9 Å². The van der Waals surface area contributed by atoms with Crippen molar-refractivity contribution in [2.45, 2.75) is 13.8 Å². The summed E-state index contributed by atoms with van der Waals surface area (Å²) in [6, 6.07) is 0. The predicted molar refractivity (Wildman–Crippen MR) is 56.1 cm³/mol. The minimum Gasteiger partial charge on any atom is -0.375 e. The van der Waals surface area contributed by atoms with Crippen molar-refractivity contribution in [2.24, 2.45) is 0 Å². The van der Waals surface area contributed by atoms with Gasteiger partial charge < -0.3 is 10.4 Å². The SMILES string of the molecule is CC1=C(C)C(=S)N2NN(CO)C=C2N1. The van der Waals surface area contributed by atoms with Gasteiger partial charge in [-0.05, 0) is 13.8 Å². The Hall–Kier alpha value is -1.11. The molecule has 0 radical (unpaired) electrons. The highest BCUT2D eigenvalue weighted by molar-refractivity contribution is 7.80. The Morgan fingerprint density at radius 2 is 2.21 bits per heavy atom. The smallest absolute Gasteiger partial charge is 0.145 e. The van der Waals surface area contributed by atoms with E-state index in [-0.39, 0.29) is 6.73 Å². The lowest BCUT2D eigenvalue weighted by molar-refractivity contribution is 0.0770. The highest BCUT2D eigenvalue weighted by Gasteiger charge is 2.28. The van der Waals surface area contributed by atoms with E-state index in [1.165, 1.54) is 0 Å². The number of aliphatic hydroxyl groups excluding tert-OH is 1. The van der Waals surface area contributed by atoms with Gasteiger partial charge in [-0.3, -0.25) is 5.01 Å². The molecular formula is C8H12N4OS. The molecular weight excluding hydrogens is 200 g/mol. The first-order chi connectivity index (χ1) is 6.63. The third-order valence-electron chi connectivity index (χ3n) is 2.30. The average Bonchev–Trinajstić information content (AvgIpc) is 2.57. The first kappa shape index (κ1) is 9.45. The fourth-order valence-corrected chi connectivity index (χ4v) is 1.64. The highest BCUT2D eigenvalue weighted by atomic mass is 32.1. The molecule has 3 N–H and O–H groups in total. The van der Waals surface area contributed by atoms with Crippen LogP contribution < -0.4 is 10.9 Å². The van der Waals surface area contributed by atoms with Crippen LogP contribution in [-0.2, 0) is 0 Å². The van der Waals surface area contributed by atoms with E-state index in [0.29, 0.717) is 0 Å². The van der Waals surface area contributed by atoms with Crippen LogP contribution in [0.25, 0.3) is 0 Å². The van der Waals surface area contributed by atoms with E-state index >= 15 is 0 Å². The monoisotopic (exact) mass is 212 g/mol. The summed E-state index contributed by atoms with van der Waals surface area (Å²) in [7, 11) is 0. The molecule has 0 fully saturated rings. The fourth-order valence-electron chi connectivity index (χ4n) is 1.35. The van der Waals surface area contributed by atoms with Gasteiger partial charge in [0.1, 0.15) is 17.5 Å². The maximum Gasteiger partial charge on any atom is 0.145 e. The predicted octanol–water partition coefficient (Wildman–Crippen LogP) is -0.00320. The molecule has 0 aromatic carbocycles. The number of hydrazine groups is 2. The van der Waals surface area contributed by atoms with Crippen LogP contribution in [0.15, 0.2) is 23.3 Å². The molecule has 0 spiro atoms. The average molecular weight is 212 g/mol. The number of hydrogen-bond acceptors (Lipinski definition) is 5. The van der Waals surface area contributed by atoms with Gasteiger partial charge in [-0.25, -0.2) is 5.01 Å². The highest BCUT2D eigenvalue weighted by Crippen LogP contribution is 2.20. The van der Waals surface area contributed by atoms with Crippen molar-refractivity contribution >= 4 is 17.2 Å². The number of nitrogens with zero attached hydrogens (tertiary/aromatic N) is 2. The van der Waals surface area contributed by atoms with Crippen LogP contribution >= 0.6 is 12.2 Å². The molecule has 0 bridgehead atoms. The van der Waals surface area contributed by atoms with Crippen LogP contribution in [0.4, 0.5) is 0 Å². The maximum absolute atomic E-state index is 8.94. The molecule has 2 aliphatic rings. The van der Waals surface area contributed by atoms with Gasteiger partial charge in [-0.2, -0.15) is 0 Å². The van der Waals surface area contributed by atoms with Gasteiger partial charge >= 0.3 is 0 Å². The van der Waals surface area contributed by atoms with E-state index in [1.54, 1.807) is 16.2 Å². The number of allylic oxidation sites excluding steroid dienone is 1. The van der Waals surface area contributed by atoms with Crippen molar-refractivity contribution in [2.75, 3.05) is 6.73 Å². The molecule has 0 aromatic rings. The van der Waals surface area contributed by atoms with Crippen molar-refractivity contribution in [3.05, 3.63) is 23.3 Å². The molecule has 2 rings (SSSR count). The van der Waals surface area contributed by atoms with Crippen molar-refractivity contribution < 1.29 is 5.11 Å². The Bertz CT molecular complexity index is 349. The third-order valence-corrected chi connectivity index (χ3v) is 2.79. The first-order valence-electron chi connectivity index (χ1n) is 4.28. The van der Waals surface area contributed by atoms with Gasteiger partial charge in [-0.15, -0.1) is 5.53 Å². The van der Waals surface area contributed by atoms with Crippen molar-refractivity contribution in [1.29, 1.82) is 0 Å². The van der Waals surface area contributed by atoms with Crippen LogP contribution in [0.3, 0.4) is 0 Å². The molecule has 0 aliphatic carbocycles. The number of nitrogens with one attached hydrogen (secondary N) is 2. The van der Waals surface area contributed by atoms with Gasteiger partial charge in [0.2, 0.25) is 0 Å². The Morgan fingerprint density at radius 1 is 1.50 bits per heavy atom. The second-order valence-electron chi connectivity index (χ2n) is 3.24. The van der Waals surface area contributed by atoms with Crippen molar-refractivity contribution in [1.82, 2.24) is 20.9 Å². The van der Waals surface area contributed by atoms with Gasteiger partial charge in [0.25, 0.3) is 0 Å². The van der Waals surface area contributed by atoms with Crippen LogP contribution in [-0.4, -0.2) is 26.8 Å². The minimum atomic E-state index is -0.0949. The quantitative estimate of drug-likeness (QED) is 0.532. The second-order valence-corrected chi connectivity index (χ2v) is 3.63. The molecule has 0 unspecified atom stereocenters. The Labute approximate surface area is 87.6 Å². The van der Waals surface area contributed by atoms with E-state index in [9.17, 15) is 0 Å². The summed E-state index contributed by atoms with van der Waals surface area (Å²) in [6.45, 7) is 3.84. The van der Waals surface area contributed by atoms with Crippen LogP contribution in [0.2, 0.25) is 0 Å². The molecule has 0 amide bonds. The molecule has 2 heterocycles. The van der Waals surface area contributed by atoms with E-state index < -0.39 is 0 Å². The molecule has 0 atom stereocenters. The zero-order chi connectivity index (χ0) is 10.3. The van der Waals surface area contributed by atoms with Crippen LogP contribution in [0, 0.1) is 0 Å². The normalized spacial score (nSPS) is 21.1. The molecule has 76 valence electrons. The van der Waals surface area contributed by atoms with Gasteiger partial charge in [0.05, 0.1) is 6.20 Å². The topological polar surface area (TPSA) is 50.8 Å². The number of fused-ring (bicyclic) bond motifs is 1. The largest absolute Gasteiger partial charge is 0.375 e. The molecule has 0 saturated heterocycles. The number of thiocarbonyl (C=S) groups is 1. The fraction of sp³-hybridized carbons (Fsp3) is 0.375. The number of aliphatic hydroxyl groups is 1.